The maximum atomic E-state index is 12.8. The number of piperidine rings is 1. The number of pyridine rings is 1. The van der Waals surface area contributed by atoms with E-state index in [9.17, 15) is 14.7 Å². The van der Waals surface area contributed by atoms with E-state index < -0.39 is 11.5 Å². The van der Waals surface area contributed by atoms with Gasteiger partial charge in [0, 0.05) is 13.1 Å². The zero-order valence-corrected chi connectivity index (χ0v) is 18.2. The molecule has 156 valence electrons. The Morgan fingerprint density at radius 1 is 1.32 bits per heavy atom. The van der Waals surface area contributed by atoms with Crippen LogP contribution in [0.4, 0.5) is 0 Å². The molecule has 3 rings (SSSR count). The highest BCUT2D eigenvalue weighted by molar-refractivity contribution is 7.16. The Hall–Kier alpha value is -1.57. The van der Waals surface area contributed by atoms with Crippen molar-refractivity contribution < 1.29 is 9.90 Å². The van der Waals surface area contributed by atoms with Crippen LogP contribution in [0.1, 0.15) is 49.9 Å². The Bertz CT molecular complexity index is 856. The maximum Gasteiger partial charge on any atom is 0.268 e. The van der Waals surface area contributed by atoms with E-state index in [1.165, 1.54) is 24.2 Å². The van der Waals surface area contributed by atoms with Gasteiger partial charge in [0.25, 0.3) is 11.5 Å². The lowest BCUT2D eigenvalue weighted by atomic mass is 9.99. The second-order valence-corrected chi connectivity index (χ2v) is 8.35. The van der Waals surface area contributed by atoms with Crippen LogP contribution >= 0.6 is 23.7 Å². The predicted molar refractivity (Wildman–Crippen MR) is 117 cm³/mol. The number of nitrogens with one attached hydrogen (secondary N) is 1. The Balaban J connectivity index is 0.00000280. The quantitative estimate of drug-likeness (QED) is 0.663. The second-order valence-electron chi connectivity index (χ2n) is 7.45. The molecule has 3 heterocycles. The molecule has 1 amide bonds. The number of aromatic hydroxyl groups is 1. The number of rotatable bonds is 7. The van der Waals surface area contributed by atoms with Crippen LogP contribution in [-0.4, -0.2) is 46.7 Å². The summed E-state index contributed by atoms with van der Waals surface area (Å²) in [5.41, 5.74) is -0.548. The molecule has 0 bridgehead atoms. The standard InChI is InChI=1S/C20H29N3O3S.ClH/c1-3-9-23-19(26)16(17(24)15-7-13-27-20(15)23)18(25)21-8-4-10-22-11-5-14(2)6-12-22;/h7,13-14,24H,3-6,8-12H2,1-2H3,(H,21,25);1H. The highest BCUT2D eigenvalue weighted by Crippen LogP contribution is 2.30. The number of aryl methyl sites for hydroxylation is 1. The zero-order chi connectivity index (χ0) is 19.4. The van der Waals surface area contributed by atoms with Crippen molar-refractivity contribution in [2.75, 3.05) is 26.2 Å². The molecule has 1 fully saturated rings. The Labute approximate surface area is 176 Å². The van der Waals surface area contributed by atoms with Gasteiger partial charge in [-0.1, -0.05) is 13.8 Å². The number of carbonyl (C=O) groups is 1. The van der Waals surface area contributed by atoms with Crippen molar-refractivity contribution in [3.63, 3.8) is 0 Å². The summed E-state index contributed by atoms with van der Waals surface area (Å²) in [6.07, 6.45) is 4.09. The van der Waals surface area contributed by atoms with Gasteiger partial charge in [-0.3, -0.25) is 14.2 Å². The highest BCUT2D eigenvalue weighted by atomic mass is 35.5. The van der Waals surface area contributed by atoms with Crippen LogP contribution in [0.2, 0.25) is 0 Å². The number of amides is 1. The molecule has 28 heavy (non-hydrogen) atoms. The molecule has 0 atom stereocenters. The zero-order valence-electron chi connectivity index (χ0n) is 16.6. The smallest absolute Gasteiger partial charge is 0.268 e. The first-order chi connectivity index (χ1) is 13.0. The number of carbonyl (C=O) groups excluding carboxylic acids is 1. The van der Waals surface area contributed by atoms with Crippen molar-refractivity contribution in [3.05, 3.63) is 27.4 Å². The largest absolute Gasteiger partial charge is 0.506 e. The van der Waals surface area contributed by atoms with Gasteiger partial charge in [0.2, 0.25) is 0 Å². The number of thiophene rings is 1. The van der Waals surface area contributed by atoms with Crippen LogP contribution in [0, 0.1) is 5.92 Å². The average Bonchev–Trinajstić information content (AvgIpc) is 3.14. The number of hydrogen-bond donors (Lipinski definition) is 2. The fourth-order valence-corrected chi connectivity index (χ4v) is 4.59. The van der Waals surface area contributed by atoms with Crippen molar-refractivity contribution in [1.82, 2.24) is 14.8 Å². The van der Waals surface area contributed by atoms with Crippen molar-refractivity contribution in [2.45, 2.75) is 46.1 Å². The van der Waals surface area contributed by atoms with Crippen LogP contribution in [0.15, 0.2) is 16.2 Å². The molecule has 0 aliphatic carbocycles. The van der Waals surface area contributed by atoms with Crippen molar-refractivity contribution in [2.24, 2.45) is 5.92 Å². The number of aromatic nitrogens is 1. The lowest BCUT2D eigenvalue weighted by Gasteiger charge is -2.30. The minimum Gasteiger partial charge on any atom is -0.506 e. The Morgan fingerprint density at radius 2 is 2.04 bits per heavy atom. The van der Waals surface area contributed by atoms with E-state index in [4.69, 9.17) is 0 Å². The molecule has 1 aliphatic heterocycles. The third-order valence-electron chi connectivity index (χ3n) is 5.33. The monoisotopic (exact) mass is 427 g/mol. The number of fused-ring (bicyclic) bond motifs is 1. The van der Waals surface area contributed by atoms with E-state index in [-0.39, 0.29) is 23.7 Å². The molecule has 2 aromatic heterocycles. The maximum absolute atomic E-state index is 12.8. The van der Waals surface area contributed by atoms with Gasteiger partial charge < -0.3 is 15.3 Å². The van der Waals surface area contributed by atoms with Crippen LogP contribution in [0.5, 0.6) is 5.75 Å². The first-order valence-corrected chi connectivity index (χ1v) is 10.7. The molecule has 6 nitrogen and oxygen atoms in total. The number of halogens is 1. The summed E-state index contributed by atoms with van der Waals surface area (Å²) >= 11 is 1.41. The van der Waals surface area contributed by atoms with E-state index in [1.807, 2.05) is 12.3 Å². The number of likely N-dealkylation sites (tertiary alicyclic amines) is 1. The fourth-order valence-electron chi connectivity index (χ4n) is 3.66. The second kappa shape index (κ2) is 10.3. The van der Waals surface area contributed by atoms with Gasteiger partial charge in [-0.25, -0.2) is 0 Å². The summed E-state index contributed by atoms with van der Waals surface area (Å²) in [6.45, 7) is 8.49. The van der Waals surface area contributed by atoms with E-state index >= 15 is 0 Å². The van der Waals surface area contributed by atoms with Gasteiger partial charge in [-0.15, -0.1) is 23.7 Å². The van der Waals surface area contributed by atoms with Gasteiger partial charge >= 0.3 is 0 Å². The normalized spacial score (nSPS) is 15.5. The van der Waals surface area contributed by atoms with Gasteiger partial charge in [-0.05, 0) is 62.7 Å². The van der Waals surface area contributed by atoms with Crippen molar-refractivity contribution in [1.29, 1.82) is 0 Å². The van der Waals surface area contributed by atoms with Crippen LogP contribution in [-0.2, 0) is 6.54 Å². The highest BCUT2D eigenvalue weighted by Gasteiger charge is 2.22. The summed E-state index contributed by atoms with van der Waals surface area (Å²) in [5.74, 6) is 0.120. The van der Waals surface area contributed by atoms with E-state index in [0.717, 1.165) is 43.2 Å². The van der Waals surface area contributed by atoms with Crippen LogP contribution in [0.3, 0.4) is 0 Å². The molecule has 8 heteroatoms. The molecular weight excluding hydrogens is 398 g/mol. The Morgan fingerprint density at radius 3 is 2.71 bits per heavy atom. The van der Waals surface area contributed by atoms with Crippen LogP contribution < -0.4 is 10.9 Å². The van der Waals surface area contributed by atoms with Gasteiger partial charge in [0.15, 0.2) is 0 Å². The summed E-state index contributed by atoms with van der Waals surface area (Å²) < 4.78 is 1.60. The summed E-state index contributed by atoms with van der Waals surface area (Å²) in [5, 5.41) is 15.7. The molecule has 0 saturated carbocycles. The van der Waals surface area contributed by atoms with E-state index in [0.29, 0.717) is 18.5 Å². The van der Waals surface area contributed by atoms with Crippen LogP contribution in [0.25, 0.3) is 10.2 Å². The predicted octanol–water partition coefficient (Wildman–Crippen LogP) is 3.45. The fraction of sp³-hybridized carbons (Fsp3) is 0.600. The summed E-state index contributed by atoms with van der Waals surface area (Å²) in [4.78, 5) is 28.5. The summed E-state index contributed by atoms with van der Waals surface area (Å²) in [7, 11) is 0. The molecule has 2 aromatic rings. The third-order valence-corrected chi connectivity index (χ3v) is 6.26. The lowest BCUT2D eigenvalue weighted by Crippen LogP contribution is -2.37. The molecule has 2 N–H and O–H groups in total. The first kappa shape index (κ1) is 22.7. The molecule has 0 aromatic carbocycles. The minimum atomic E-state index is -0.484. The lowest BCUT2D eigenvalue weighted by molar-refractivity contribution is 0.0946. The molecule has 1 aliphatic rings. The Kier molecular flexibility index (Phi) is 8.34. The van der Waals surface area contributed by atoms with E-state index in [2.05, 4.69) is 17.1 Å². The molecule has 1 saturated heterocycles. The van der Waals surface area contributed by atoms with E-state index in [1.54, 1.807) is 10.6 Å². The molecule has 0 spiro atoms. The molecular formula is C20H30ClN3O3S. The average molecular weight is 428 g/mol. The third kappa shape index (κ3) is 4.88. The number of nitrogens with zero attached hydrogens (tertiary/aromatic N) is 2. The molecule has 0 unspecified atom stereocenters. The number of hydrogen-bond acceptors (Lipinski definition) is 5. The summed E-state index contributed by atoms with van der Waals surface area (Å²) in [6, 6.07) is 1.76. The van der Waals surface area contributed by atoms with Crippen molar-refractivity contribution in [3.8, 4) is 5.75 Å². The first-order valence-electron chi connectivity index (χ1n) is 9.86. The minimum absolute atomic E-state index is 0. The topological polar surface area (TPSA) is 74.6 Å². The van der Waals surface area contributed by atoms with Gasteiger partial charge in [-0.2, -0.15) is 0 Å². The SMILES string of the molecule is CCCn1c(=O)c(C(=O)NCCCN2CCC(C)CC2)c(O)c2ccsc21.Cl. The molecule has 0 radical (unpaired) electrons. The van der Waals surface area contributed by atoms with Gasteiger partial charge in [0.1, 0.15) is 16.1 Å². The van der Waals surface area contributed by atoms with Crippen molar-refractivity contribution >= 4 is 39.9 Å². The van der Waals surface area contributed by atoms with Gasteiger partial charge in [0.05, 0.1) is 5.39 Å².